The molecule has 2 aromatic carbocycles. The van der Waals surface area contributed by atoms with Crippen LogP contribution in [0, 0.1) is 13.8 Å². The van der Waals surface area contributed by atoms with Crippen molar-refractivity contribution < 1.29 is 4.79 Å². The fourth-order valence-electron chi connectivity index (χ4n) is 3.02. The highest BCUT2D eigenvalue weighted by Gasteiger charge is 2.20. The van der Waals surface area contributed by atoms with Crippen LogP contribution in [0.15, 0.2) is 42.5 Å². The summed E-state index contributed by atoms with van der Waals surface area (Å²) >= 11 is 19.7. The molecule has 0 saturated carbocycles. The van der Waals surface area contributed by atoms with Crippen molar-refractivity contribution in [1.29, 1.82) is 0 Å². The highest BCUT2D eigenvalue weighted by atomic mass is 35.5. The smallest absolute Gasteiger partial charge is 0.279 e. The van der Waals surface area contributed by atoms with Crippen LogP contribution >= 0.6 is 46.1 Å². The van der Waals surface area contributed by atoms with Crippen LogP contribution in [0.2, 0.25) is 15.1 Å². The molecule has 2 heterocycles. The lowest BCUT2D eigenvalue weighted by molar-refractivity contribution is 0.102. The number of nitrogens with one attached hydrogen (secondary N) is 1. The highest BCUT2D eigenvalue weighted by Crippen LogP contribution is 2.29. The molecule has 0 unspecified atom stereocenters. The minimum atomic E-state index is -0.376. The van der Waals surface area contributed by atoms with E-state index in [2.05, 4.69) is 20.6 Å². The average Bonchev–Trinajstić information content (AvgIpc) is 3.27. The Morgan fingerprint density at radius 2 is 1.77 bits per heavy atom. The number of halogens is 3. The monoisotopic (exact) mass is 491 g/mol. The van der Waals surface area contributed by atoms with Crippen LogP contribution in [0.25, 0.3) is 5.69 Å². The molecule has 1 N–H and O–H groups in total. The van der Waals surface area contributed by atoms with E-state index in [1.807, 2.05) is 25.1 Å². The second-order valence-corrected chi connectivity index (χ2v) is 9.17. The van der Waals surface area contributed by atoms with Crippen molar-refractivity contribution in [1.82, 2.24) is 20.0 Å². The molecule has 0 spiro atoms. The number of amides is 1. The summed E-state index contributed by atoms with van der Waals surface area (Å²) in [4.78, 5) is 18.2. The Hall–Kier alpha value is -2.45. The lowest BCUT2D eigenvalue weighted by Crippen LogP contribution is -2.14. The van der Waals surface area contributed by atoms with Crippen molar-refractivity contribution in [3.05, 3.63) is 85.1 Å². The molecule has 1 amide bonds. The number of thiazole rings is 1. The van der Waals surface area contributed by atoms with E-state index in [4.69, 9.17) is 34.8 Å². The number of hydrogen-bond donors (Lipinski definition) is 1. The summed E-state index contributed by atoms with van der Waals surface area (Å²) in [7, 11) is 0. The Morgan fingerprint density at radius 3 is 2.52 bits per heavy atom. The van der Waals surface area contributed by atoms with Gasteiger partial charge in [0.05, 0.1) is 17.1 Å². The van der Waals surface area contributed by atoms with Gasteiger partial charge in [0.25, 0.3) is 5.91 Å². The Labute approximate surface area is 197 Å². The molecule has 0 fully saturated rings. The SMILES string of the molecule is Cc1nc(NC(=O)c2nnn(-c3ccc(Cl)cc3)c2C)sc1Cc1cc(Cl)ccc1Cl. The van der Waals surface area contributed by atoms with Gasteiger partial charge in [-0.2, -0.15) is 0 Å². The Balaban J connectivity index is 1.53. The third-order valence-corrected chi connectivity index (χ3v) is 6.58. The third kappa shape index (κ3) is 4.75. The summed E-state index contributed by atoms with van der Waals surface area (Å²) in [6.07, 6.45) is 0.574. The van der Waals surface area contributed by atoms with E-state index < -0.39 is 0 Å². The first-order valence-corrected chi connectivity index (χ1v) is 11.2. The van der Waals surface area contributed by atoms with Crippen LogP contribution in [0.5, 0.6) is 0 Å². The fourth-order valence-corrected chi connectivity index (χ4v) is 4.51. The first-order chi connectivity index (χ1) is 14.8. The van der Waals surface area contributed by atoms with Crippen molar-refractivity contribution in [2.45, 2.75) is 20.3 Å². The van der Waals surface area contributed by atoms with Crippen molar-refractivity contribution >= 4 is 57.2 Å². The minimum absolute atomic E-state index is 0.224. The molecular weight excluding hydrogens is 477 g/mol. The molecule has 6 nitrogen and oxygen atoms in total. The Kier molecular flexibility index (Phi) is 6.29. The van der Waals surface area contributed by atoms with Gasteiger partial charge in [0.1, 0.15) is 0 Å². The summed E-state index contributed by atoms with van der Waals surface area (Å²) in [5.41, 5.74) is 3.32. The number of hydrogen-bond acceptors (Lipinski definition) is 5. The van der Waals surface area contributed by atoms with Gasteiger partial charge in [0, 0.05) is 26.4 Å². The van der Waals surface area contributed by atoms with E-state index in [1.54, 1.807) is 35.9 Å². The van der Waals surface area contributed by atoms with Crippen molar-refractivity contribution in [2.24, 2.45) is 0 Å². The Morgan fingerprint density at radius 1 is 1.06 bits per heavy atom. The van der Waals surface area contributed by atoms with Crippen LogP contribution in [0.3, 0.4) is 0 Å². The number of rotatable bonds is 5. The predicted molar refractivity (Wildman–Crippen MR) is 125 cm³/mol. The molecule has 0 aliphatic carbocycles. The van der Waals surface area contributed by atoms with Gasteiger partial charge >= 0.3 is 0 Å². The maximum absolute atomic E-state index is 12.8. The van der Waals surface area contributed by atoms with Gasteiger partial charge < -0.3 is 0 Å². The average molecular weight is 493 g/mol. The minimum Gasteiger partial charge on any atom is -0.296 e. The molecule has 0 aliphatic rings. The summed E-state index contributed by atoms with van der Waals surface area (Å²) in [6.45, 7) is 3.67. The second-order valence-electron chi connectivity index (χ2n) is 6.81. The van der Waals surface area contributed by atoms with E-state index >= 15 is 0 Å². The van der Waals surface area contributed by atoms with E-state index in [0.29, 0.717) is 32.3 Å². The van der Waals surface area contributed by atoms with Gasteiger partial charge in [0.15, 0.2) is 10.8 Å². The predicted octanol–water partition coefficient (Wildman–Crippen LogP) is 6.14. The van der Waals surface area contributed by atoms with E-state index in [-0.39, 0.29) is 11.6 Å². The maximum Gasteiger partial charge on any atom is 0.279 e. The van der Waals surface area contributed by atoms with Crippen LogP contribution in [0.4, 0.5) is 5.13 Å². The zero-order valence-electron chi connectivity index (χ0n) is 16.5. The highest BCUT2D eigenvalue weighted by molar-refractivity contribution is 7.15. The Bertz CT molecular complexity index is 1270. The first-order valence-electron chi connectivity index (χ1n) is 9.21. The maximum atomic E-state index is 12.8. The first kappa shape index (κ1) is 21.8. The molecule has 0 aliphatic heterocycles. The van der Waals surface area contributed by atoms with Crippen LogP contribution in [0.1, 0.15) is 32.3 Å². The molecule has 10 heteroatoms. The molecule has 0 saturated heterocycles. The number of carbonyl (C=O) groups excluding carboxylic acids is 1. The molecule has 4 aromatic rings. The van der Waals surface area contributed by atoms with Gasteiger partial charge in [-0.1, -0.05) is 40.0 Å². The van der Waals surface area contributed by atoms with Crippen molar-refractivity contribution in [3.63, 3.8) is 0 Å². The number of carbonyl (C=O) groups is 1. The van der Waals surface area contributed by atoms with Crippen molar-refractivity contribution in [3.8, 4) is 5.69 Å². The zero-order chi connectivity index (χ0) is 22.1. The number of nitrogens with zero attached hydrogens (tertiary/aromatic N) is 4. The molecule has 0 bridgehead atoms. The van der Waals surface area contributed by atoms with Crippen LogP contribution in [-0.4, -0.2) is 25.9 Å². The van der Waals surface area contributed by atoms with Crippen LogP contribution < -0.4 is 5.32 Å². The van der Waals surface area contributed by atoms with Gasteiger partial charge in [0.2, 0.25) is 0 Å². The molecule has 4 rings (SSSR count). The lowest BCUT2D eigenvalue weighted by Gasteiger charge is -2.04. The lowest BCUT2D eigenvalue weighted by atomic mass is 10.1. The van der Waals surface area contributed by atoms with Gasteiger partial charge in [-0.15, -0.1) is 16.4 Å². The second kappa shape index (κ2) is 8.96. The number of anilines is 1. The van der Waals surface area contributed by atoms with Crippen LogP contribution in [-0.2, 0) is 6.42 Å². The standard InChI is InChI=1S/C21H16Cl3N5OS/c1-11-18(10-13-9-15(23)5-8-17(13)24)31-21(25-11)26-20(30)19-12(2)29(28-27-19)16-6-3-14(22)4-7-16/h3-9H,10H2,1-2H3,(H,25,26,30). The largest absolute Gasteiger partial charge is 0.296 e. The number of aromatic nitrogens is 4. The van der Waals surface area contributed by atoms with Crippen molar-refractivity contribution in [2.75, 3.05) is 5.32 Å². The molecule has 0 radical (unpaired) electrons. The fraction of sp³-hybridized carbons (Fsp3) is 0.143. The summed E-state index contributed by atoms with van der Waals surface area (Å²) < 4.78 is 1.59. The molecule has 0 atom stereocenters. The molecular formula is C21H16Cl3N5OS. The zero-order valence-corrected chi connectivity index (χ0v) is 19.6. The molecule has 2 aromatic heterocycles. The summed E-state index contributed by atoms with van der Waals surface area (Å²) in [5.74, 6) is -0.376. The number of aryl methyl sites for hydroxylation is 1. The van der Waals surface area contributed by atoms with E-state index in [0.717, 1.165) is 21.8 Å². The van der Waals surface area contributed by atoms with Gasteiger partial charge in [-0.3, -0.25) is 10.1 Å². The molecule has 158 valence electrons. The van der Waals surface area contributed by atoms with E-state index in [9.17, 15) is 4.79 Å². The van der Waals surface area contributed by atoms with Gasteiger partial charge in [-0.25, -0.2) is 9.67 Å². The topological polar surface area (TPSA) is 72.7 Å². The van der Waals surface area contributed by atoms with E-state index in [1.165, 1.54) is 11.3 Å². The number of benzene rings is 2. The normalized spacial score (nSPS) is 11.0. The van der Waals surface area contributed by atoms with Gasteiger partial charge in [-0.05, 0) is 61.9 Å². The summed E-state index contributed by atoms with van der Waals surface area (Å²) in [6, 6.07) is 12.5. The third-order valence-electron chi connectivity index (χ3n) is 4.65. The molecule has 31 heavy (non-hydrogen) atoms. The quantitative estimate of drug-likeness (QED) is 0.363. The summed E-state index contributed by atoms with van der Waals surface area (Å²) in [5, 5.41) is 13.3.